The first-order chi connectivity index (χ1) is 21.2. The summed E-state index contributed by atoms with van der Waals surface area (Å²) in [5.41, 5.74) is -1.20. The van der Waals surface area contributed by atoms with Crippen LogP contribution in [0.5, 0.6) is 5.75 Å². The fourth-order valence-electron chi connectivity index (χ4n) is 4.70. The van der Waals surface area contributed by atoms with E-state index in [1.165, 1.54) is 12.3 Å². The normalized spacial score (nSPS) is 13.4. The molecule has 0 spiro atoms. The minimum Gasteiger partial charge on any atom is -0.410 e. The van der Waals surface area contributed by atoms with Crippen molar-refractivity contribution in [2.24, 2.45) is 4.99 Å². The molecule has 0 saturated heterocycles. The van der Waals surface area contributed by atoms with E-state index in [1.54, 1.807) is 37.3 Å². The van der Waals surface area contributed by atoms with E-state index in [4.69, 9.17) is 16.3 Å². The molecular formula is C36H36ClF3N2O2. The van der Waals surface area contributed by atoms with Crippen molar-refractivity contribution < 1.29 is 22.7 Å². The number of benzene rings is 4. The van der Waals surface area contributed by atoms with Gasteiger partial charge in [-0.25, -0.2) is 18.0 Å². The largest absolute Gasteiger partial charge is 0.413 e. The maximum absolute atomic E-state index is 15.1. The topological polar surface area (TPSA) is 50.7 Å². The number of rotatable bonds is 10. The summed E-state index contributed by atoms with van der Waals surface area (Å²) in [5, 5.41) is 4.46. The fourth-order valence-corrected chi connectivity index (χ4v) is 4.79. The molecule has 0 saturated carbocycles. The number of nitrogens with zero attached hydrogens (tertiary/aromatic N) is 1. The van der Waals surface area contributed by atoms with Crippen molar-refractivity contribution in [1.29, 1.82) is 0 Å². The standard InChI is InChI=1S/C34H30ClF3N2O2.C2H6/c1-3-19-39-31(17-10-18-35)34(23-24-11-5-4-6-12-24,27-20-26(33(2,37)38)21-28(36)22-27)40-32(41)42-30-16-9-14-25-13-7-8-15-29(25)30;1-2/h3-17,19-22H,18,23H2,1-2H3,(H,40,41);1-2H3/b17-10-,19-3+,39-31-;/t34-;/m1./s1. The molecule has 0 unspecified atom stereocenters. The Hall–Kier alpha value is -4.36. The van der Waals surface area contributed by atoms with Crippen molar-refractivity contribution in [2.75, 3.05) is 5.88 Å². The van der Waals surface area contributed by atoms with Gasteiger partial charge in [-0.15, -0.1) is 11.6 Å². The Morgan fingerprint density at radius 3 is 2.30 bits per heavy atom. The zero-order chi connectivity index (χ0) is 32.2. The van der Waals surface area contributed by atoms with Crippen LogP contribution in [0.15, 0.2) is 120 Å². The number of hydrogen-bond acceptors (Lipinski definition) is 3. The van der Waals surface area contributed by atoms with E-state index in [1.807, 2.05) is 74.5 Å². The van der Waals surface area contributed by atoms with Crippen LogP contribution >= 0.6 is 11.6 Å². The quantitative estimate of drug-likeness (QED) is 0.142. The first-order valence-corrected chi connectivity index (χ1v) is 14.8. The SMILES string of the molecule is C/C=C/N=C(/C=C\CCl)[C@](Cc1ccccc1)(NC(=O)Oc1cccc2ccccc12)c1cc(F)cc(C(C)(F)F)c1.CC. The van der Waals surface area contributed by atoms with E-state index >= 15 is 4.39 Å². The average molecular weight is 621 g/mol. The van der Waals surface area contributed by atoms with Crippen LogP contribution in [-0.4, -0.2) is 17.7 Å². The number of nitrogens with one attached hydrogen (secondary N) is 1. The highest BCUT2D eigenvalue weighted by Gasteiger charge is 2.41. The number of alkyl halides is 3. The Bertz CT molecular complexity index is 1630. The molecule has 0 heterocycles. The lowest BCUT2D eigenvalue weighted by Crippen LogP contribution is -2.54. The van der Waals surface area contributed by atoms with Gasteiger partial charge >= 0.3 is 6.09 Å². The van der Waals surface area contributed by atoms with Crippen LogP contribution in [0.1, 0.15) is 44.4 Å². The minimum absolute atomic E-state index is 0.0275. The van der Waals surface area contributed by atoms with Gasteiger partial charge in [-0.05, 0) is 53.8 Å². The molecule has 0 aliphatic rings. The number of ether oxygens (including phenoxy) is 1. The summed E-state index contributed by atoms with van der Waals surface area (Å²) in [6, 6.07) is 24.9. The number of amides is 1. The van der Waals surface area contributed by atoms with Crippen molar-refractivity contribution in [3.8, 4) is 5.75 Å². The fraction of sp³-hybridized carbons (Fsp3) is 0.222. The summed E-state index contributed by atoms with van der Waals surface area (Å²) in [6.45, 7) is 6.44. The molecule has 4 aromatic rings. The maximum Gasteiger partial charge on any atom is 0.413 e. The third-order valence-corrected chi connectivity index (χ3v) is 6.82. The van der Waals surface area contributed by atoms with Crippen LogP contribution in [0.25, 0.3) is 10.8 Å². The Morgan fingerprint density at radius 1 is 0.955 bits per heavy atom. The predicted octanol–water partition coefficient (Wildman–Crippen LogP) is 10.1. The Kier molecular flexibility index (Phi) is 12.4. The van der Waals surface area contributed by atoms with Gasteiger partial charge < -0.3 is 10.1 Å². The summed E-state index contributed by atoms with van der Waals surface area (Å²) in [4.78, 5) is 18.3. The summed E-state index contributed by atoms with van der Waals surface area (Å²) >= 11 is 5.98. The molecule has 1 atom stereocenters. The number of halogens is 4. The van der Waals surface area contributed by atoms with Crippen LogP contribution in [0.2, 0.25) is 0 Å². The minimum atomic E-state index is -3.36. The zero-order valence-electron chi connectivity index (χ0n) is 25.2. The number of fused-ring (bicyclic) bond motifs is 1. The van der Waals surface area contributed by atoms with E-state index < -0.39 is 28.9 Å². The van der Waals surface area contributed by atoms with Crippen molar-refractivity contribution in [2.45, 2.75) is 45.6 Å². The van der Waals surface area contributed by atoms with Gasteiger partial charge in [0.1, 0.15) is 17.1 Å². The van der Waals surface area contributed by atoms with Gasteiger partial charge in [-0.2, -0.15) is 0 Å². The number of allylic oxidation sites excluding steroid dienone is 2. The van der Waals surface area contributed by atoms with Crippen LogP contribution < -0.4 is 10.1 Å². The van der Waals surface area contributed by atoms with Gasteiger partial charge in [-0.3, -0.25) is 4.99 Å². The summed E-state index contributed by atoms with van der Waals surface area (Å²) < 4.78 is 50.1. The number of hydrogen-bond donors (Lipinski definition) is 1. The summed E-state index contributed by atoms with van der Waals surface area (Å²) in [5.74, 6) is -3.84. The molecule has 230 valence electrons. The van der Waals surface area contributed by atoms with E-state index in [2.05, 4.69) is 10.3 Å². The van der Waals surface area contributed by atoms with E-state index in [0.717, 1.165) is 23.1 Å². The van der Waals surface area contributed by atoms with Gasteiger partial charge in [0.25, 0.3) is 5.92 Å². The molecule has 0 aliphatic carbocycles. The van der Waals surface area contributed by atoms with Crippen LogP contribution in [0.3, 0.4) is 0 Å². The first-order valence-electron chi connectivity index (χ1n) is 14.3. The summed E-state index contributed by atoms with van der Waals surface area (Å²) in [6.07, 6.45) is 5.51. The Morgan fingerprint density at radius 2 is 1.61 bits per heavy atom. The lowest BCUT2D eigenvalue weighted by molar-refractivity contribution is 0.0170. The van der Waals surface area contributed by atoms with E-state index in [-0.39, 0.29) is 23.6 Å². The predicted molar refractivity (Wildman–Crippen MR) is 174 cm³/mol. The Balaban J connectivity index is 0.00000259. The molecule has 1 N–H and O–H groups in total. The van der Waals surface area contributed by atoms with E-state index in [9.17, 15) is 13.6 Å². The third-order valence-electron chi connectivity index (χ3n) is 6.64. The van der Waals surface area contributed by atoms with E-state index in [0.29, 0.717) is 18.1 Å². The number of aliphatic imine (C=N–C) groups is 1. The smallest absolute Gasteiger partial charge is 0.410 e. The molecule has 0 bridgehead atoms. The van der Waals surface area contributed by atoms with Crippen LogP contribution in [0.4, 0.5) is 18.0 Å². The molecule has 8 heteroatoms. The molecule has 0 radical (unpaired) electrons. The van der Waals surface area contributed by atoms with Gasteiger partial charge in [0, 0.05) is 36.4 Å². The van der Waals surface area contributed by atoms with Crippen LogP contribution in [-0.2, 0) is 17.9 Å². The molecule has 4 aromatic carbocycles. The van der Waals surface area contributed by atoms with Gasteiger partial charge in [0.15, 0.2) is 0 Å². The van der Waals surface area contributed by atoms with Crippen molar-refractivity contribution in [1.82, 2.24) is 5.32 Å². The Labute approximate surface area is 261 Å². The molecule has 4 nitrogen and oxygen atoms in total. The lowest BCUT2D eigenvalue weighted by Gasteiger charge is -2.36. The molecular weight excluding hydrogens is 585 g/mol. The van der Waals surface area contributed by atoms with Gasteiger partial charge in [0.05, 0.1) is 5.71 Å². The highest BCUT2D eigenvalue weighted by Crippen LogP contribution is 2.36. The second-order valence-corrected chi connectivity index (χ2v) is 10.0. The van der Waals surface area contributed by atoms with Crippen molar-refractivity contribution in [3.05, 3.63) is 138 Å². The first kappa shape index (κ1) is 34.1. The monoisotopic (exact) mass is 620 g/mol. The number of carbonyl (C=O) groups excluding carboxylic acids is 1. The molecule has 4 rings (SSSR count). The molecule has 44 heavy (non-hydrogen) atoms. The van der Waals surface area contributed by atoms with Gasteiger partial charge in [0.2, 0.25) is 0 Å². The molecule has 0 aromatic heterocycles. The highest BCUT2D eigenvalue weighted by atomic mass is 35.5. The molecule has 0 fully saturated rings. The average Bonchev–Trinajstić information content (AvgIpc) is 3.02. The van der Waals surface area contributed by atoms with Crippen LogP contribution in [0, 0.1) is 5.82 Å². The molecule has 0 aliphatic heterocycles. The molecule has 1 amide bonds. The van der Waals surface area contributed by atoms with Crippen molar-refractivity contribution in [3.63, 3.8) is 0 Å². The highest BCUT2D eigenvalue weighted by molar-refractivity contribution is 6.19. The van der Waals surface area contributed by atoms with Crippen molar-refractivity contribution >= 4 is 34.2 Å². The second kappa shape index (κ2) is 15.9. The second-order valence-electron chi connectivity index (χ2n) is 9.73. The maximum atomic E-state index is 15.1. The van der Waals surface area contributed by atoms with Gasteiger partial charge in [-0.1, -0.05) is 92.7 Å². The third kappa shape index (κ3) is 8.60. The number of carbonyl (C=O) groups is 1. The zero-order valence-corrected chi connectivity index (χ0v) is 25.9. The lowest BCUT2D eigenvalue weighted by atomic mass is 9.78. The summed E-state index contributed by atoms with van der Waals surface area (Å²) in [7, 11) is 0.